The number of nitrogens with zero attached hydrogens (tertiary/aromatic N) is 2. The Balaban J connectivity index is 2.52. The highest BCUT2D eigenvalue weighted by molar-refractivity contribution is 5.78. The highest BCUT2D eigenvalue weighted by Gasteiger charge is 2.31. The first-order valence-corrected chi connectivity index (χ1v) is 7.31. The van der Waals surface area contributed by atoms with E-state index in [1.54, 1.807) is 0 Å². The second kappa shape index (κ2) is 6.05. The predicted molar refractivity (Wildman–Crippen MR) is 76.6 cm³/mol. The smallest absolute Gasteiger partial charge is 0.225 e. The minimum absolute atomic E-state index is 0.111. The summed E-state index contributed by atoms with van der Waals surface area (Å²) in [6.07, 6.45) is 3.40. The summed E-state index contributed by atoms with van der Waals surface area (Å²) >= 11 is 0. The molecule has 0 aliphatic carbocycles. The summed E-state index contributed by atoms with van der Waals surface area (Å²) in [6, 6.07) is 0.434. The fourth-order valence-corrected chi connectivity index (χ4v) is 2.67. The molecule has 0 bridgehead atoms. The van der Waals surface area contributed by atoms with Crippen molar-refractivity contribution in [3.63, 3.8) is 0 Å². The summed E-state index contributed by atoms with van der Waals surface area (Å²) in [5.41, 5.74) is 0.297. The van der Waals surface area contributed by atoms with Crippen LogP contribution >= 0.6 is 0 Å². The molecular formula is C15H30N2O. The van der Waals surface area contributed by atoms with Crippen molar-refractivity contribution in [2.45, 2.75) is 65.5 Å². The largest absolute Gasteiger partial charge is 0.342 e. The van der Waals surface area contributed by atoms with Crippen LogP contribution in [0, 0.1) is 5.92 Å². The van der Waals surface area contributed by atoms with E-state index in [4.69, 9.17) is 0 Å². The van der Waals surface area contributed by atoms with E-state index in [1.807, 2.05) is 25.8 Å². The van der Waals surface area contributed by atoms with Crippen LogP contribution in [0.2, 0.25) is 0 Å². The molecule has 0 unspecified atom stereocenters. The lowest BCUT2D eigenvalue weighted by Crippen LogP contribution is -2.52. The maximum Gasteiger partial charge on any atom is 0.225 e. The van der Waals surface area contributed by atoms with Crippen LogP contribution in [0.4, 0.5) is 0 Å². The van der Waals surface area contributed by atoms with E-state index in [2.05, 4.69) is 25.7 Å². The SMILES string of the molecule is CCC(C)(C)N1CCC(N(C)C(=O)C(C)C)CC1. The zero-order valence-electron chi connectivity index (χ0n) is 13.0. The van der Waals surface area contributed by atoms with Crippen LogP contribution in [-0.4, -0.2) is 47.4 Å². The predicted octanol–water partition coefficient (Wildman–Crippen LogP) is 2.75. The third-order valence-electron chi connectivity index (χ3n) is 4.58. The summed E-state index contributed by atoms with van der Waals surface area (Å²) in [4.78, 5) is 16.5. The van der Waals surface area contributed by atoms with Crippen LogP contribution in [0.25, 0.3) is 0 Å². The molecule has 3 nitrogen and oxygen atoms in total. The van der Waals surface area contributed by atoms with Gasteiger partial charge in [0.25, 0.3) is 0 Å². The van der Waals surface area contributed by atoms with Gasteiger partial charge >= 0.3 is 0 Å². The van der Waals surface area contributed by atoms with Gasteiger partial charge in [0, 0.05) is 37.6 Å². The molecule has 106 valence electrons. The summed E-state index contributed by atoms with van der Waals surface area (Å²) in [7, 11) is 1.97. The molecule has 0 N–H and O–H groups in total. The highest BCUT2D eigenvalue weighted by atomic mass is 16.2. The second-order valence-electron chi connectivity index (χ2n) is 6.49. The Hall–Kier alpha value is -0.570. The Morgan fingerprint density at radius 1 is 1.33 bits per heavy atom. The first-order chi connectivity index (χ1) is 8.29. The summed E-state index contributed by atoms with van der Waals surface area (Å²) < 4.78 is 0. The Bertz CT molecular complexity index is 278. The number of hydrogen-bond donors (Lipinski definition) is 0. The van der Waals surface area contributed by atoms with Gasteiger partial charge in [0.15, 0.2) is 0 Å². The van der Waals surface area contributed by atoms with E-state index in [0.717, 1.165) is 25.9 Å². The van der Waals surface area contributed by atoms with Gasteiger partial charge in [-0.3, -0.25) is 9.69 Å². The van der Waals surface area contributed by atoms with Crippen LogP contribution in [0.15, 0.2) is 0 Å². The van der Waals surface area contributed by atoms with Gasteiger partial charge in [-0.1, -0.05) is 20.8 Å². The molecule has 0 aromatic heterocycles. The van der Waals surface area contributed by atoms with Crippen molar-refractivity contribution in [1.82, 2.24) is 9.80 Å². The molecule has 0 spiro atoms. The summed E-state index contributed by atoms with van der Waals surface area (Å²) in [6.45, 7) is 13.1. The van der Waals surface area contributed by atoms with Gasteiger partial charge < -0.3 is 4.90 Å². The molecule has 0 aromatic carbocycles. The molecule has 18 heavy (non-hydrogen) atoms. The highest BCUT2D eigenvalue weighted by Crippen LogP contribution is 2.25. The average molecular weight is 254 g/mol. The van der Waals surface area contributed by atoms with E-state index < -0.39 is 0 Å². The van der Waals surface area contributed by atoms with Crippen LogP contribution < -0.4 is 0 Å². The van der Waals surface area contributed by atoms with Crippen molar-refractivity contribution < 1.29 is 4.79 Å². The lowest BCUT2D eigenvalue weighted by atomic mass is 9.93. The van der Waals surface area contributed by atoms with Crippen molar-refractivity contribution >= 4 is 5.91 Å². The first kappa shape index (κ1) is 15.5. The number of carbonyl (C=O) groups is 1. The Labute approximate surface area is 113 Å². The van der Waals surface area contributed by atoms with Gasteiger partial charge in [0.2, 0.25) is 5.91 Å². The Morgan fingerprint density at radius 3 is 2.22 bits per heavy atom. The van der Waals surface area contributed by atoms with E-state index in [9.17, 15) is 4.79 Å². The molecule has 1 amide bonds. The first-order valence-electron chi connectivity index (χ1n) is 7.31. The molecular weight excluding hydrogens is 224 g/mol. The van der Waals surface area contributed by atoms with Crippen LogP contribution in [0.3, 0.4) is 0 Å². The van der Waals surface area contributed by atoms with E-state index in [0.29, 0.717) is 11.6 Å². The Kier molecular flexibility index (Phi) is 5.20. The van der Waals surface area contributed by atoms with Crippen molar-refractivity contribution in [2.75, 3.05) is 20.1 Å². The van der Waals surface area contributed by atoms with Gasteiger partial charge in [0.05, 0.1) is 0 Å². The number of likely N-dealkylation sites (tertiary alicyclic amines) is 1. The molecule has 1 aliphatic heterocycles. The molecule has 0 radical (unpaired) electrons. The monoisotopic (exact) mass is 254 g/mol. The fraction of sp³-hybridized carbons (Fsp3) is 0.933. The fourth-order valence-electron chi connectivity index (χ4n) is 2.67. The summed E-state index contributed by atoms with van der Waals surface area (Å²) in [5.74, 6) is 0.392. The topological polar surface area (TPSA) is 23.6 Å². The van der Waals surface area contributed by atoms with Crippen molar-refractivity contribution in [2.24, 2.45) is 5.92 Å². The third-order valence-corrected chi connectivity index (χ3v) is 4.58. The van der Waals surface area contributed by atoms with Crippen LogP contribution in [0.5, 0.6) is 0 Å². The normalized spacial score (nSPS) is 19.3. The zero-order chi connectivity index (χ0) is 13.9. The van der Waals surface area contributed by atoms with Crippen LogP contribution in [-0.2, 0) is 4.79 Å². The summed E-state index contributed by atoms with van der Waals surface area (Å²) in [5, 5.41) is 0. The van der Waals surface area contributed by atoms with Gasteiger partial charge in [-0.15, -0.1) is 0 Å². The lowest BCUT2D eigenvalue weighted by molar-refractivity contribution is -0.136. The van der Waals surface area contributed by atoms with Gasteiger partial charge in [-0.2, -0.15) is 0 Å². The number of hydrogen-bond acceptors (Lipinski definition) is 2. The van der Waals surface area contributed by atoms with E-state index in [1.165, 1.54) is 6.42 Å². The molecule has 1 rings (SSSR count). The molecule has 0 atom stereocenters. The number of rotatable bonds is 4. The lowest BCUT2D eigenvalue weighted by Gasteiger charge is -2.44. The van der Waals surface area contributed by atoms with Gasteiger partial charge in [0.1, 0.15) is 0 Å². The van der Waals surface area contributed by atoms with Crippen molar-refractivity contribution in [3.8, 4) is 0 Å². The maximum atomic E-state index is 12.0. The molecule has 0 saturated carbocycles. The minimum atomic E-state index is 0.111. The molecule has 1 fully saturated rings. The second-order valence-corrected chi connectivity index (χ2v) is 6.49. The molecule has 1 aliphatic rings. The third kappa shape index (κ3) is 3.47. The standard InChI is InChI=1S/C15H30N2O/c1-7-15(4,5)17-10-8-13(9-11-17)16(6)14(18)12(2)3/h12-13H,7-11H2,1-6H3. The Morgan fingerprint density at radius 2 is 1.83 bits per heavy atom. The van der Waals surface area contributed by atoms with Crippen molar-refractivity contribution in [1.29, 1.82) is 0 Å². The minimum Gasteiger partial charge on any atom is -0.342 e. The molecule has 1 heterocycles. The number of piperidine rings is 1. The quantitative estimate of drug-likeness (QED) is 0.770. The van der Waals surface area contributed by atoms with Crippen LogP contribution in [0.1, 0.15) is 53.9 Å². The van der Waals surface area contributed by atoms with Gasteiger partial charge in [-0.25, -0.2) is 0 Å². The molecule has 3 heteroatoms. The average Bonchev–Trinajstić information content (AvgIpc) is 2.37. The molecule has 1 saturated heterocycles. The number of amides is 1. The van der Waals surface area contributed by atoms with E-state index >= 15 is 0 Å². The zero-order valence-corrected chi connectivity index (χ0v) is 13.0. The maximum absolute atomic E-state index is 12.0. The molecule has 0 aromatic rings. The van der Waals surface area contributed by atoms with E-state index in [-0.39, 0.29) is 11.8 Å². The van der Waals surface area contributed by atoms with Gasteiger partial charge in [-0.05, 0) is 33.1 Å². The number of carbonyl (C=O) groups excluding carboxylic acids is 1. The van der Waals surface area contributed by atoms with Crippen molar-refractivity contribution in [3.05, 3.63) is 0 Å².